The molecule has 20 heavy (non-hydrogen) atoms. The Labute approximate surface area is 120 Å². The van der Waals surface area contributed by atoms with E-state index < -0.39 is 0 Å². The molecule has 0 spiro atoms. The molecular weight excluding hydrogens is 252 g/mol. The van der Waals surface area contributed by atoms with Crippen LogP contribution in [0.1, 0.15) is 48.8 Å². The van der Waals surface area contributed by atoms with E-state index in [4.69, 9.17) is 4.42 Å². The SMILES string of the molecule is C=CC[C@@H]1CC=C[C@@H](C)N1C(=O)c1oc(CC)nc1C. The molecule has 1 aliphatic rings. The third kappa shape index (κ3) is 2.69. The Kier molecular flexibility index (Phi) is 4.42. The van der Waals surface area contributed by atoms with Crippen molar-refractivity contribution in [1.82, 2.24) is 9.88 Å². The second kappa shape index (κ2) is 6.07. The van der Waals surface area contributed by atoms with Gasteiger partial charge in [-0.3, -0.25) is 4.79 Å². The molecule has 2 heterocycles. The molecular formula is C16H22N2O2. The number of amides is 1. The van der Waals surface area contributed by atoms with Crippen molar-refractivity contribution in [3.05, 3.63) is 42.2 Å². The topological polar surface area (TPSA) is 46.3 Å². The molecule has 1 aliphatic heterocycles. The number of carbonyl (C=O) groups is 1. The van der Waals surface area contributed by atoms with Gasteiger partial charge in [-0.15, -0.1) is 6.58 Å². The number of hydrogen-bond acceptors (Lipinski definition) is 3. The van der Waals surface area contributed by atoms with Crippen LogP contribution in [0.2, 0.25) is 0 Å². The summed E-state index contributed by atoms with van der Waals surface area (Å²) >= 11 is 0. The fraction of sp³-hybridized carbons (Fsp3) is 0.500. The summed E-state index contributed by atoms with van der Waals surface area (Å²) in [4.78, 5) is 18.9. The molecule has 1 amide bonds. The Bertz CT molecular complexity index is 531. The fourth-order valence-corrected chi connectivity index (χ4v) is 2.64. The van der Waals surface area contributed by atoms with Gasteiger partial charge in [-0.05, 0) is 26.7 Å². The van der Waals surface area contributed by atoms with Crippen LogP contribution in [-0.2, 0) is 6.42 Å². The quantitative estimate of drug-likeness (QED) is 0.792. The van der Waals surface area contributed by atoms with Gasteiger partial charge in [0.1, 0.15) is 0 Å². The molecule has 0 aromatic carbocycles. The van der Waals surface area contributed by atoms with Gasteiger partial charge in [0.25, 0.3) is 5.91 Å². The summed E-state index contributed by atoms with van der Waals surface area (Å²) < 4.78 is 5.60. The maximum atomic E-state index is 12.8. The lowest BCUT2D eigenvalue weighted by Crippen LogP contribution is -2.47. The van der Waals surface area contributed by atoms with Crippen LogP contribution in [0, 0.1) is 6.92 Å². The predicted octanol–water partition coefficient (Wildman–Crippen LogP) is 3.28. The van der Waals surface area contributed by atoms with Gasteiger partial charge in [-0.25, -0.2) is 4.98 Å². The average molecular weight is 274 g/mol. The van der Waals surface area contributed by atoms with E-state index >= 15 is 0 Å². The first kappa shape index (κ1) is 14.6. The molecule has 1 aromatic rings. The second-order valence-electron chi connectivity index (χ2n) is 5.17. The van der Waals surface area contributed by atoms with Crippen LogP contribution in [0.4, 0.5) is 0 Å². The van der Waals surface area contributed by atoms with Gasteiger partial charge in [0.2, 0.25) is 5.76 Å². The van der Waals surface area contributed by atoms with Crippen molar-refractivity contribution in [2.45, 2.75) is 52.1 Å². The smallest absolute Gasteiger partial charge is 0.292 e. The van der Waals surface area contributed by atoms with E-state index in [1.165, 1.54) is 0 Å². The first-order valence-corrected chi connectivity index (χ1v) is 7.15. The summed E-state index contributed by atoms with van der Waals surface area (Å²) in [5.41, 5.74) is 0.672. The highest BCUT2D eigenvalue weighted by Gasteiger charge is 2.32. The molecule has 4 nitrogen and oxygen atoms in total. The molecule has 0 unspecified atom stereocenters. The number of hydrogen-bond donors (Lipinski definition) is 0. The Hall–Kier alpha value is -1.84. The van der Waals surface area contributed by atoms with E-state index in [-0.39, 0.29) is 18.0 Å². The zero-order valence-electron chi connectivity index (χ0n) is 12.4. The standard InChI is InChI=1S/C16H22N2O2/c1-5-8-13-10-7-9-11(3)18(13)16(19)15-12(4)17-14(6-2)20-15/h5,7,9,11,13H,1,6,8,10H2,2-4H3/t11-,13-/m1/s1. The minimum Gasteiger partial charge on any atom is -0.435 e. The zero-order chi connectivity index (χ0) is 14.7. The van der Waals surface area contributed by atoms with E-state index in [1.54, 1.807) is 0 Å². The summed E-state index contributed by atoms with van der Waals surface area (Å²) in [6.07, 6.45) is 8.39. The highest BCUT2D eigenvalue weighted by atomic mass is 16.4. The van der Waals surface area contributed by atoms with Crippen molar-refractivity contribution in [2.75, 3.05) is 0 Å². The van der Waals surface area contributed by atoms with Gasteiger partial charge in [-0.1, -0.05) is 25.2 Å². The zero-order valence-corrected chi connectivity index (χ0v) is 12.4. The number of nitrogens with zero attached hydrogens (tertiary/aromatic N) is 2. The summed E-state index contributed by atoms with van der Waals surface area (Å²) in [6.45, 7) is 9.59. The van der Waals surface area contributed by atoms with Crippen LogP contribution in [0.15, 0.2) is 29.2 Å². The Morgan fingerprint density at radius 3 is 3.00 bits per heavy atom. The summed E-state index contributed by atoms with van der Waals surface area (Å²) in [6, 6.07) is 0.213. The summed E-state index contributed by atoms with van der Waals surface area (Å²) in [5.74, 6) is 0.919. The van der Waals surface area contributed by atoms with Crippen molar-refractivity contribution in [3.8, 4) is 0 Å². The van der Waals surface area contributed by atoms with Gasteiger partial charge in [-0.2, -0.15) is 0 Å². The highest BCUT2D eigenvalue weighted by molar-refractivity contribution is 5.93. The largest absolute Gasteiger partial charge is 0.435 e. The van der Waals surface area contributed by atoms with Crippen molar-refractivity contribution >= 4 is 5.91 Å². The molecule has 0 saturated heterocycles. The van der Waals surface area contributed by atoms with Crippen LogP contribution in [0.25, 0.3) is 0 Å². The van der Waals surface area contributed by atoms with E-state index in [1.807, 2.05) is 31.7 Å². The molecule has 0 fully saturated rings. The van der Waals surface area contributed by atoms with Crippen LogP contribution >= 0.6 is 0 Å². The number of oxazole rings is 1. The second-order valence-corrected chi connectivity index (χ2v) is 5.17. The number of aromatic nitrogens is 1. The Balaban J connectivity index is 2.31. The molecule has 2 atom stereocenters. The van der Waals surface area contributed by atoms with E-state index in [0.717, 1.165) is 12.8 Å². The fourth-order valence-electron chi connectivity index (χ4n) is 2.64. The molecule has 0 bridgehead atoms. The Morgan fingerprint density at radius 1 is 1.65 bits per heavy atom. The van der Waals surface area contributed by atoms with Crippen molar-refractivity contribution in [3.63, 3.8) is 0 Å². The summed E-state index contributed by atoms with van der Waals surface area (Å²) in [5, 5.41) is 0. The molecule has 4 heteroatoms. The van der Waals surface area contributed by atoms with E-state index in [2.05, 4.69) is 23.7 Å². The van der Waals surface area contributed by atoms with Gasteiger partial charge in [0, 0.05) is 18.5 Å². The lowest BCUT2D eigenvalue weighted by molar-refractivity contribution is 0.0586. The van der Waals surface area contributed by atoms with Crippen LogP contribution < -0.4 is 0 Å². The first-order valence-electron chi connectivity index (χ1n) is 7.15. The van der Waals surface area contributed by atoms with Gasteiger partial charge >= 0.3 is 0 Å². The molecule has 1 aromatic heterocycles. The molecule has 0 saturated carbocycles. The van der Waals surface area contributed by atoms with Gasteiger partial charge in [0.15, 0.2) is 5.89 Å². The van der Waals surface area contributed by atoms with E-state index in [0.29, 0.717) is 23.8 Å². The minimum atomic E-state index is -0.0709. The number of aryl methyl sites for hydroxylation is 2. The lowest BCUT2D eigenvalue weighted by atomic mass is 10.00. The van der Waals surface area contributed by atoms with Crippen molar-refractivity contribution < 1.29 is 9.21 Å². The average Bonchev–Trinajstić information content (AvgIpc) is 2.80. The maximum Gasteiger partial charge on any atom is 0.292 e. The number of carbonyl (C=O) groups excluding carboxylic acids is 1. The molecule has 2 rings (SSSR count). The first-order chi connectivity index (χ1) is 9.58. The highest BCUT2D eigenvalue weighted by Crippen LogP contribution is 2.24. The molecule has 0 radical (unpaired) electrons. The molecule has 108 valence electrons. The minimum absolute atomic E-state index is 0.0655. The predicted molar refractivity (Wildman–Crippen MR) is 78.6 cm³/mol. The third-order valence-electron chi connectivity index (χ3n) is 3.67. The molecule has 0 N–H and O–H groups in total. The molecule has 0 aliphatic carbocycles. The monoisotopic (exact) mass is 274 g/mol. The van der Waals surface area contributed by atoms with Crippen molar-refractivity contribution in [1.29, 1.82) is 0 Å². The van der Waals surface area contributed by atoms with Crippen LogP contribution in [0.5, 0.6) is 0 Å². The Morgan fingerprint density at radius 2 is 2.40 bits per heavy atom. The van der Waals surface area contributed by atoms with Crippen molar-refractivity contribution in [2.24, 2.45) is 0 Å². The normalized spacial score (nSPS) is 22.1. The lowest BCUT2D eigenvalue weighted by Gasteiger charge is -2.36. The maximum absolute atomic E-state index is 12.8. The van der Waals surface area contributed by atoms with Crippen LogP contribution in [-0.4, -0.2) is 27.9 Å². The van der Waals surface area contributed by atoms with E-state index in [9.17, 15) is 4.79 Å². The van der Waals surface area contributed by atoms with Gasteiger partial charge in [0.05, 0.1) is 5.69 Å². The summed E-state index contributed by atoms with van der Waals surface area (Å²) in [7, 11) is 0. The number of rotatable bonds is 4. The van der Waals surface area contributed by atoms with Crippen LogP contribution in [0.3, 0.4) is 0 Å². The van der Waals surface area contributed by atoms with Gasteiger partial charge < -0.3 is 9.32 Å². The third-order valence-corrected chi connectivity index (χ3v) is 3.67.